The summed E-state index contributed by atoms with van der Waals surface area (Å²) in [4.78, 5) is 23.3. The molecule has 0 aliphatic heterocycles. The number of unbranched alkanes of at least 4 members (excludes halogenated alkanes) is 4. The van der Waals surface area contributed by atoms with Gasteiger partial charge >= 0.3 is 0 Å². The number of hydrazone groups is 2. The van der Waals surface area contributed by atoms with Crippen molar-refractivity contribution in [2.24, 2.45) is 10.2 Å². The lowest BCUT2D eigenvalue weighted by atomic mass is 10.1. The monoisotopic (exact) mass is 352 g/mol. The Kier molecular flexibility index (Phi) is 14.7. The third-order valence-corrected chi connectivity index (χ3v) is 3.83. The minimum atomic E-state index is -0.0588. The zero-order chi connectivity index (χ0) is 18.9. The molecule has 0 aliphatic carbocycles. The molecule has 0 rings (SSSR count). The van der Waals surface area contributed by atoms with Gasteiger partial charge in [0.05, 0.1) is 0 Å². The molecule has 0 aromatic heterocycles. The number of rotatable bonds is 14. The first-order chi connectivity index (χ1) is 12.0. The maximum absolute atomic E-state index is 11.7. The van der Waals surface area contributed by atoms with Gasteiger partial charge in [-0.05, 0) is 52.4 Å². The summed E-state index contributed by atoms with van der Waals surface area (Å²) in [6, 6.07) is 0. The van der Waals surface area contributed by atoms with E-state index >= 15 is 0 Å². The summed E-state index contributed by atoms with van der Waals surface area (Å²) in [5.74, 6) is -0.118. The lowest BCUT2D eigenvalue weighted by Gasteiger charge is -2.03. The van der Waals surface area contributed by atoms with Crippen LogP contribution in [0.4, 0.5) is 0 Å². The fraction of sp³-hybridized carbons (Fsp3) is 0.789. The van der Waals surface area contributed by atoms with Gasteiger partial charge in [-0.1, -0.05) is 33.1 Å². The Bertz CT molecular complexity index is 405. The molecule has 144 valence electrons. The molecule has 6 heteroatoms. The van der Waals surface area contributed by atoms with E-state index in [0.717, 1.165) is 69.2 Å². The summed E-state index contributed by atoms with van der Waals surface area (Å²) in [5, 5.41) is 8.18. The molecule has 0 aromatic carbocycles. The summed E-state index contributed by atoms with van der Waals surface area (Å²) in [6.45, 7) is 8.13. The first kappa shape index (κ1) is 23.3. The van der Waals surface area contributed by atoms with Gasteiger partial charge in [0.25, 0.3) is 0 Å². The molecule has 2 N–H and O–H groups in total. The molecular weight excluding hydrogens is 316 g/mol. The Morgan fingerprint density at radius 2 is 1.04 bits per heavy atom. The van der Waals surface area contributed by atoms with Crippen molar-refractivity contribution in [3.8, 4) is 0 Å². The molecule has 0 atom stereocenters. The Morgan fingerprint density at radius 1 is 0.640 bits per heavy atom. The molecule has 6 nitrogen and oxygen atoms in total. The van der Waals surface area contributed by atoms with Crippen LogP contribution in [-0.2, 0) is 9.59 Å². The molecule has 25 heavy (non-hydrogen) atoms. The van der Waals surface area contributed by atoms with Crippen molar-refractivity contribution in [2.45, 2.75) is 98.3 Å². The van der Waals surface area contributed by atoms with E-state index in [-0.39, 0.29) is 11.8 Å². The standard InChI is InChI=1S/C19H36N4O2/c1-5-7-12-16(3)20-22-18(24)14-10-9-11-15-19(25)23-21-17(4)13-8-6-2/h5-15H2,1-4H3,(H,22,24)(H,23,25)/b20-16-,21-17-. The molecule has 0 aromatic rings. The summed E-state index contributed by atoms with van der Waals surface area (Å²) in [7, 11) is 0. The Balaban J connectivity index is 3.71. The predicted molar refractivity (Wildman–Crippen MR) is 105 cm³/mol. The highest BCUT2D eigenvalue weighted by Crippen LogP contribution is 2.03. The molecule has 0 spiro atoms. The first-order valence-corrected chi connectivity index (χ1v) is 9.63. The van der Waals surface area contributed by atoms with Crippen molar-refractivity contribution in [3.05, 3.63) is 0 Å². The Hall–Kier alpha value is -1.72. The van der Waals surface area contributed by atoms with Crippen LogP contribution in [0.3, 0.4) is 0 Å². The zero-order valence-electron chi connectivity index (χ0n) is 16.5. The van der Waals surface area contributed by atoms with Gasteiger partial charge in [-0.15, -0.1) is 0 Å². The summed E-state index contributed by atoms with van der Waals surface area (Å²) < 4.78 is 0. The Morgan fingerprint density at radius 3 is 1.40 bits per heavy atom. The molecule has 0 unspecified atom stereocenters. The van der Waals surface area contributed by atoms with Crippen LogP contribution in [0, 0.1) is 0 Å². The van der Waals surface area contributed by atoms with E-state index in [0.29, 0.717) is 12.8 Å². The van der Waals surface area contributed by atoms with Crippen LogP contribution in [0.25, 0.3) is 0 Å². The molecule has 2 amide bonds. The maximum Gasteiger partial charge on any atom is 0.240 e. The van der Waals surface area contributed by atoms with E-state index in [1.807, 2.05) is 13.8 Å². The number of carbonyl (C=O) groups is 2. The normalized spacial score (nSPS) is 12.2. The average Bonchev–Trinajstić information content (AvgIpc) is 2.60. The molecule has 0 bridgehead atoms. The first-order valence-electron chi connectivity index (χ1n) is 9.63. The third-order valence-electron chi connectivity index (χ3n) is 3.83. The van der Waals surface area contributed by atoms with Gasteiger partial charge in [-0.2, -0.15) is 10.2 Å². The lowest BCUT2D eigenvalue weighted by Crippen LogP contribution is -2.19. The van der Waals surface area contributed by atoms with Crippen LogP contribution < -0.4 is 10.9 Å². The number of hydrogen-bond acceptors (Lipinski definition) is 4. The van der Waals surface area contributed by atoms with Crippen molar-refractivity contribution in [3.63, 3.8) is 0 Å². The molecule has 0 fully saturated rings. The molecular formula is C19H36N4O2. The summed E-state index contributed by atoms with van der Waals surface area (Å²) in [6.07, 6.45) is 9.54. The molecule has 0 radical (unpaired) electrons. The maximum atomic E-state index is 11.7. The predicted octanol–water partition coefficient (Wildman–Crippen LogP) is 4.30. The molecule has 0 saturated carbocycles. The zero-order valence-corrected chi connectivity index (χ0v) is 16.5. The molecule has 0 saturated heterocycles. The fourth-order valence-corrected chi connectivity index (χ4v) is 2.15. The smallest absolute Gasteiger partial charge is 0.240 e. The van der Waals surface area contributed by atoms with E-state index in [1.54, 1.807) is 0 Å². The van der Waals surface area contributed by atoms with Crippen molar-refractivity contribution in [2.75, 3.05) is 0 Å². The van der Waals surface area contributed by atoms with Gasteiger partial charge < -0.3 is 0 Å². The van der Waals surface area contributed by atoms with Gasteiger partial charge in [0.15, 0.2) is 0 Å². The largest absolute Gasteiger partial charge is 0.273 e. The van der Waals surface area contributed by atoms with Crippen molar-refractivity contribution < 1.29 is 9.59 Å². The number of nitrogens with one attached hydrogen (secondary N) is 2. The Labute approximate surface area is 152 Å². The number of carbonyl (C=O) groups excluding carboxylic acids is 2. The van der Waals surface area contributed by atoms with Crippen molar-refractivity contribution in [1.82, 2.24) is 10.9 Å². The van der Waals surface area contributed by atoms with E-state index in [9.17, 15) is 9.59 Å². The van der Waals surface area contributed by atoms with Gasteiger partial charge in [0.1, 0.15) is 0 Å². The summed E-state index contributed by atoms with van der Waals surface area (Å²) >= 11 is 0. The highest BCUT2D eigenvalue weighted by Gasteiger charge is 2.03. The minimum absolute atomic E-state index is 0.0588. The van der Waals surface area contributed by atoms with Crippen LogP contribution in [0.5, 0.6) is 0 Å². The van der Waals surface area contributed by atoms with Crippen LogP contribution in [0.1, 0.15) is 98.3 Å². The van der Waals surface area contributed by atoms with Crippen molar-refractivity contribution in [1.29, 1.82) is 0 Å². The van der Waals surface area contributed by atoms with E-state index in [2.05, 4.69) is 34.9 Å². The topological polar surface area (TPSA) is 82.9 Å². The van der Waals surface area contributed by atoms with Crippen LogP contribution in [-0.4, -0.2) is 23.2 Å². The highest BCUT2D eigenvalue weighted by atomic mass is 16.2. The lowest BCUT2D eigenvalue weighted by molar-refractivity contribution is -0.121. The van der Waals surface area contributed by atoms with E-state index in [4.69, 9.17) is 0 Å². The number of nitrogens with zero attached hydrogens (tertiary/aromatic N) is 2. The fourth-order valence-electron chi connectivity index (χ4n) is 2.15. The molecule has 0 aliphatic rings. The van der Waals surface area contributed by atoms with Crippen LogP contribution in [0.15, 0.2) is 10.2 Å². The number of hydrogen-bond donors (Lipinski definition) is 2. The second kappa shape index (κ2) is 15.8. The van der Waals surface area contributed by atoms with Gasteiger partial charge in [-0.25, -0.2) is 10.9 Å². The van der Waals surface area contributed by atoms with Crippen LogP contribution in [0.2, 0.25) is 0 Å². The highest BCUT2D eigenvalue weighted by molar-refractivity contribution is 5.84. The SMILES string of the molecule is CCCC/C(C)=N\NC(=O)CCCCCC(=O)N/N=C(/C)CCCC. The van der Waals surface area contributed by atoms with E-state index in [1.165, 1.54) is 0 Å². The average molecular weight is 353 g/mol. The second-order valence-corrected chi connectivity index (χ2v) is 6.53. The van der Waals surface area contributed by atoms with Gasteiger partial charge in [-0.3, -0.25) is 9.59 Å². The summed E-state index contributed by atoms with van der Waals surface area (Å²) in [5.41, 5.74) is 7.10. The van der Waals surface area contributed by atoms with Gasteiger partial charge in [0.2, 0.25) is 11.8 Å². The minimum Gasteiger partial charge on any atom is -0.273 e. The molecule has 0 heterocycles. The number of amides is 2. The van der Waals surface area contributed by atoms with Gasteiger partial charge in [0, 0.05) is 24.3 Å². The van der Waals surface area contributed by atoms with Crippen molar-refractivity contribution >= 4 is 23.2 Å². The second-order valence-electron chi connectivity index (χ2n) is 6.53. The van der Waals surface area contributed by atoms with Crippen LogP contribution >= 0.6 is 0 Å². The van der Waals surface area contributed by atoms with E-state index < -0.39 is 0 Å². The quantitative estimate of drug-likeness (QED) is 0.277. The third kappa shape index (κ3) is 15.5.